The quantitative estimate of drug-likeness (QED) is 0.343. The number of hydrogen-bond donors (Lipinski definition) is 1. The van der Waals surface area contributed by atoms with Crippen LogP contribution < -0.4 is 5.32 Å². The molecule has 1 saturated carbocycles. The predicted molar refractivity (Wildman–Crippen MR) is 146 cm³/mol. The summed E-state index contributed by atoms with van der Waals surface area (Å²) < 4.78 is 0. The second-order valence-electron chi connectivity index (χ2n) is 9.48. The fraction of sp³-hybridized carbons (Fsp3) is 0.333. The summed E-state index contributed by atoms with van der Waals surface area (Å²) in [7, 11) is 0. The minimum absolute atomic E-state index is 0.0934. The van der Waals surface area contributed by atoms with Crippen molar-refractivity contribution >= 4 is 35.0 Å². The van der Waals surface area contributed by atoms with Gasteiger partial charge in [-0.25, -0.2) is 0 Å². The smallest absolute Gasteiger partial charge is 0.243 e. The molecule has 0 spiro atoms. The standard InChI is InChI=1S/C30H32Cl2N2O2/c31-26-17-16-24(18-27(26)32)20-29(35)34(21-23-12-6-2-7-13-23)28(19-22-10-4-1-5-11-22)30(36)33-25-14-8-3-9-15-25/h1-2,4-7,10-13,16-18,25,28H,3,8-9,14-15,19-21H2,(H,33,36). The van der Waals surface area contributed by atoms with E-state index in [4.69, 9.17) is 23.2 Å². The molecule has 0 saturated heterocycles. The second kappa shape index (κ2) is 12.9. The van der Waals surface area contributed by atoms with Crippen LogP contribution in [0.2, 0.25) is 10.0 Å². The van der Waals surface area contributed by atoms with Gasteiger partial charge in [0.1, 0.15) is 6.04 Å². The van der Waals surface area contributed by atoms with Gasteiger partial charge in [-0.1, -0.05) is 109 Å². The number of hydrogen-bond acceptors (Lipinski definition) is 2. The Labute approximate surface area is 223 Å². The summed E-state index contributed by atoms with van der Waals surface area (Å²) in [5.74, 6) is -0.221. The summed E-state index contributed by atoms with van der Waals surface area (Å²) in [5.41, 5.74) is 2.75. The number of nitrogens with zero attached hydrogens (tertiary/aromatic N) is 1. The largest absolute Gasteiger partial charge is 0.352 e. The third-order valence-electron chi connectivity index (χ3n) is 6.76. The number of amides is 2. The Bertz CT molecular complexity index is 1150. The number of carbonyl (C=O) groups is 2. The molecule has 0 radical (unpaired) electrons. The Hall–Kier alpha value is -2.82. The maximum atomic E-state index is 13.8. The summed E-state index contributed by atoms with van der Waals surface area (Å²) in [5, 5.41) is 4.13. The molecule has 1 N–H and O–H groups in total. The van der Waals surface area contributed by atoms with E-state index < -0.39 is 6.04 Å². The van der Waals surface area contributed by atoms with Crippen molar-refractivity contribution in [3.05, 3.63) is 106 Å². The van der Waals surface area contributed by atoms with Gasteiger partial charge in [0.25, 0.3) is 0 Å². The van der Waals surface area contributed by atoms with E-state index in [0.717, 1.165) is 42.4 Å². The number of rotatable bonds is 9. The van der Waals surface area contributed by atoms with Crippen molar-refractivity contribution in [3.8, 4) is 0 Å². The Morgan fingerprint density at radius 3 is 2.08 bits per heavy atom. The Morgan fingerprint density at radius 1 is 0.806 bits per heavy atom. The SMILES string of the molecule is O=C(NC1CCCCC1)C(Cc1ccccc1)N(Cc1ccccc1)C(=O)Cc1ccc(Cl)c(Cl)c1. The van der Waals surface area contributed by atoms with Gasteiger partial charge in [-0.15, -0.1) is 0 Å². The van der Waals surface area contributed by atoms with Crippen LogP contribution in [0.15, 0.2) is 78.9 Å². The van der Waals surface area contributed by atoms with Crippen molar-refractivity contribution in [2.24, 2.45) is 0 Å². The third-order valence-corrected chi connectivity index (χ3v) is 7.50. The predicted octanol–water partition coefficient (Wildman–Crippen LogP) is 6.62. The van der Waals surface area contributed by atoms with Gasteiger partial charge in [0, 0.05) is 19.0 Å². The summed E-state index contributed by atoms with van der Waals surface area (Å²) in [6, 6.07) is 24.5. The molecule has 1 atom stereocenters. The van der Waals surface area contributed by atoms with Gasteiger partial charge in [0.2, 0.25) is 11.8 Å². The molecule has 0 aromatic heterocycles. The van der Waals surface area contributed by atoms with Gasteiger partial charge in [-0.2, -0.15) is 0 Å². The molecule has 1 aliphatic carbocycles. The van der Waals surface area contributed by atoms with E-state index >= 15 is 0 Å². The van der Waals surface area contributed by atoms with E-state index in [1.54, 1.807) is 23.1 Å². The van der Waals surface area contributed by atoms with Crippen LogP contribution in [-0.4, -0.2) is 28.8 Å². The molecule has 36 heavy (non-hydrogen) atoms. The molecule has 188 valence electrons. The van der Waals surface area contributed by atoms with Crippen LogP contribution in [0.1, 0.15) is 48.8 Å². The van der Waals surface area contributed by atoms with E-state index in [0.29, 0.717) is 23.0 Å². The first-order valence-corrected chi connectivity index (χ1v) is 13.4. The lowest BCUT2D eigenvalue weighted by molar-refractivity contribution is -0.141. The average Bonchev–Trinajstić information content (AvgIpc) is 2.90. The van der Waals surface area contributed by atoms with Crippen molar-refractivity contribution in [2.75, 3.05) is 0 Å². The molecular formula is C30H32Cl2N2O2. The average molecular weight is 524 g/mol. The monoisotopic (exact) mass is 522 g/mol. The Kier molecular flexibility index (Phi) is 9.43. The highest BCUT2D eigenvalue weighted by molar-refractivity contribution is 6.42. The second-order valence-corrected chi connectivity index (χ2v) is 10.3. The van der Waals surface area contributed by atoms with Gasteiger partial charge in [0.15, 0.2) is 0 Å². The molecule has 2 amide bonds. The summed E-state index contributed by atoms with van der Waals surface area (Å²) in [6.07, 6.45) is 6.00. The van der Waals surface area contributed by atoms with Crippen LogP contribution in [0.3, 0.4) is 0 Å². The van der Waals surface area contributed by atoms with Crippen molar-refractivity contribution < 1.29 is 9.59 Å². The zero-order chi connectivity index (χ0) is 25.3. The highest BCUT2D eigenvalue weighted by Gasteiger charge is 2.32. The Morgan fingerprint density at radius 2 is 1.44 bits per heavy atom. The van der Waals surface area contributed by atoms with Gasteiger partial charge >= 0.3 is 0 Å². The molecule has 1 fully saturated rings. The minimum Gasteiger partial charge on any atom is -0.352 e. The topological polar surface area (TPSA) is 49.4 Å². The highest BCUT2D eigenvalue weighted by atomic mass is 35.5. The first kappa shape index (κ1) is 26.2. The van der Waals surface area contributed by atoms with Crippen molar-refractivity contribution in [1.29, 1.82) is 0 Å². The van der Waals surface area contributed by atoms with E-state index in [1.807, 2.05) is 60.7 Å². The molecule has 0 bridgehead atoms. The lowest BCUT2D eigenvalue weighted by Gasteiger charge is -2.33. The van der Waals surface area contributed by atoms with Crippen molar-refractivity contribution in [1.82, 2.24) is 10.2 Å². The van der Waals surface area contributed by atoms with Crippen molar-refractivity contribution in [2.45, 2.75) is 63.6 Å². The fourth-order valence-corrected chi connectivity index (χ4v) is 5.12. The van der Waals surface area contributed by atoms with Crippen LogP contribution in [-0.2, 0) is 29.0 Å². The number of carbonyl (C=O) groups excluding carboxylic acids is 2. The Balaban J connectivity index is 1.64. The molecule has 4 rings (SSSR count). The zero-order valence-electron chi connectivity index (χ0n) is 20.3. The lowest BCUT2D eigenvalue weighted by atomic mass is 9.94. The van der Waals surface area contributed by atoms with Gasteiger partial charge in [-0.3, -0.25) is 9.59 Å². The first-order valence-electron chi connectivity index (χ1n) is 12.6. The van der Waals surface area contributed by atoms with E-state index in [2.05, 4.69) is 5.32 Å². The molecule has 6 heteroatoms. The number of benzene rings is 3. The van der Waals surface area contributed by atoms with Crippen LogP contribution in [0.5, 0.6) is 0 Å². The molecule has 0 aliphatic heterocycles. The summed E-state index contributed by atoms with van der Waals surface area (Å²) in [6.45, 7) is 0.344. The zero-order valence-corrected chi connectivity index (χ0v) is 21.8. The molecule has 3 aromatic carbocycles. The molecule has 3 aromatic rings. The van der Waals surface area contributed by atoms with Gasteiger partial charge < -0.3 is 10.2 Å². The van der Waals surface area contributed by atoms with Gasteiger partial charge in [-0.05, 0) is 41.7 Å². The lowest BCUT2D eigenvalue weighted by Crippen LogP contribution is -2.53. The molecule has 1 aliphatic rings. The first-order chi connectivity index (χ1) is 17.5. The van der Waals surface area contributed by atoms with E-state index in [9.17, 15) is 9.59 Å². The van der Waals surface area contributed by atoms with E-state index in [1.165, 1.54) is 6.42 Å². The maximum absolute atomic E-state index is 13.8. The maximum Gasteiger partial charge on any atom is 0.243 e. The molecule has 4 nitrogen and oxygen atoms in total. The number of halogens is 2. The van der Waals surface area contributed by atoms with Gasteiger partial charge in [0.05, 0.1) is 16.5 Å². The highest BCUT2D eigenvalue weighted by Crippen LogP contribution is 2.24. The molecular weight excluding hydrogens is 491 g/mol. The summed E-state index contributed by atoms with van der Waals surface area (Å²) in [4.78, 5) is 29.3. The minimum atomic E-state index is -0.634. The molecule has 0 heterocycles. The van der Waals surface area contributed by atoms with Crippen LogP contribution in [0, 0.1) is 0 Å². The van der Waals surface area contributed by atoms with Crippen molar-refractivity contribution in [3.63, 3.8) is 0 Å². The van der Waals surface area contributed by atoms with Crippen LogP contribution in [0.4, 0.5) is 0 Å². The summed E-state index contributed by atoms with van der Waals surface area (Å²) >= 11 is 12.3. The van der Waals surface area contributed by atoms with Crippen LogP contribution in [0.25, 0.3) is 0 Å². The normalized spacial score (nSPS) is 14.7. The third kappa shape index (κ3) is 7.35. The molecule has 1 unspecified atom stereocenters. The fourth-order valence-electron chi connectivity index (χ4n) is 4.80. The number of nitrogens with one attached hydrogen (secondary N) is 1. The van der Waals surface area contributed by atoms with Crippen LogP contribution >= 0.6 is 23.2 Å². The van der Waals surface area contributed by atoms with E-state index in [-0.39, 0.29) is 24.3 Å².